The molecular formula is C8H12N3O2S. The highest BCUT2D eigenvalue weighted by molar-refractivity contribution is 7.05. The lowest BCUT2D eigenvalue weighted by Gasteiger charge is -2.19. The van der Waals surface area contributed by atoms with Crippen molar-refractivity contribution >= 4 is 17.6 Å². The van der Waals surface area contributed by atoms with Crippen LogP contribution in [0.1, 0.15) is 25.6 Å². The summed E-state index contributed by atoms with van der Waals surface area (Å²) in [5.41, 5.74) is -0.472. The Morgan fingerprint density at radius 2 is 2.36 bits per heavy atom. The molecule has 0 fully saturated rings. The van der Waals surface area contributed by atoms with Crippen LogP contribution in [0.5, 0.6) is 0 Å². The molecule has 0 aliphatic rings. The highest BCUT2D eigenvalue weighted by Gasteiger charge is 2.15. The van der Waals surface area contributed by atoms with Crippen molar-refractivity contribution in [3.05, 3.63) is 11.1 Å². The number of nitrogens with zero attached hydrogens (tertiary/aromatic N) is 2. The summed E-state index contributed by atoms with van der Waals surface area (Å²) in [6, 6.07) is 0. The monoisotopic (exact) mass is 214 g/mol. The molecule has 0 spiro atoms. The van der Waals surface area contributed by atoms with Crippen LogP contribution in [-0.4, -0.2) is 21.3 Å². The average Bonchev–Trinajstić information content (AvgIpc) is 2.49. The third-order valence-electron chi connectivity index (χ3n) is 1.16. The van der Waals surface area contributed by atoms with Crippen molar-refractivity contribution in [1.29, 1.82) is 0 Å². The second-order valence-electron chi connectivity index (χ2n) is 3.66. The number of alkyl carbamates (subject to hydrolysis) is 1. The van der Waals surface area contributed by atoms with Gasteiger partial charge in [0.05, 0.1) is 11.4 Å². The van der Waals surface area contributed by atoms with Crippen LogP contribution in [-0.2, 0) is 11.3 Å². The van der Waals surface area contributed by atoms with E-state index in [9.17, 15) is 4.79 Å². The number of rotatable bonds is 2. The summed E-state index contributed by atoms with van der Waals surface area (Å²) in [6.45, 7) is 5.79. The van der Waals surface area contributed by atoms with E-state index in [-0.39, 0.29) is 0 Å². The summed E-state index contributed by atoms with van der Waals surface area (Å²) in [5.74, 6) is 0. The molecule has 0 aromatic carbocycles. The van der Waals surface area contributed by atoms with E-state index in [1.807, 2.05) is 20.8 Å². The van der Waals surface area contributed by atoms with Crippen LogP contribution in [0.15, 0.2) is 0 Å². The van der Waals surface area contributed by atoms with E-state index in [1.165, 1.54) is 11.5 Å². The van der Waals surface area contributed by atoms with E-state index in [0.29, 0.717) is 6.54 Å². The standard InChI is InChI=1S/C8H12N3O2S/c1-8(2,3)13-7(12)9-4-6-5-10-11-14-6/h4H2,1-3H3,(H,9,12). The minimum absolute atomic E-state index is 0.354. The number of hydrogen-bond acceptors (Lipinski definition) is 5. The Morgan fingerprint density at radius 1 is 1.64 bits per heavy atom. The molecule has 77 valence electrons. The minimum atomic E-state index is -0.472. The highest BCUT2D eigenvalue weighted by Crippen LogP contribution is 2.07. The van der Waals surface area contributed by atoms with Gasteiger partial charge in [0.25, 0.3) is 0 Å². The maximum absolute atomic E-state index is 11.2. The summed E-state index contributed by atoms with van der Waals surface area (Å²) in [7, 11) is 0. The van der Waals surface area contributed by atoms with Crippen LogP contribution in [0.4, 0.5) is 4.79 Å². The van der Waals surface area contributed by atoms with Crippen LogP contribution >= 0.6 is 11.5 Å². The van der Waals surface area contributed by atoms with E-state index in [0.717, 1.165) is 4.88 Å². The van der Waals surface area contributed by atoms with Gasteiger partial charge in [-0.1, -0.05) is 4.49 Å². The number of nitrogens with one attached hydrogen (secondary N) is 1. The molecule has 1 aromatic heterocycles. The third kappa shape index (κ3) is 4.18. The fourth-order valence-electron chi connectivity index (χ4n) is 0.705. The number of ether oxygens (including phenoxy) is 1. The van der Waals surface area contributed by atoms with Crippen molar-refractivity contribution in [2.75, 3.05) is 0 Å². The van der Waals surface area contributed by atoms with Gasteiger partial charge in [0, 0.05) is 0 Å². The maximum Gasteiger partial charge on any atom is 0.407 e. The Labute approximate surface area is 86.6 Å². The van der Waals surface area contributed by atoms with Crippen molar-refractivity contribution in [2.24, 2.45) is 0 Å². The van der Waals surface area contributed by atoms with Gasteiger partial charge < -0.3 is 10.1 Å². The summed E-state index contributed by atoms with van der Waals surface area (Å²) < 4.78 is 8.65. The third-order valence-corrected chi connectivity index (χ3v) is 1.78. The van der Waals surface area contributed by atoms with Crippen molar-refractivity contribution in [3.63, 3.8) is 0 Å². The zero-order valence-corrected chi connectivity index (χ0v) is 9.14. The largest absolute Gasteiger partial charge is 0.444 e. The Kier molecular flexibility index (Phi) is 3.40. The molecule has 0 aliphatic heterocycles. The summed E-state index contributed by atoms with van der Waals surface area (Å²) in [6.07, 6.45) is 2.20. The Bertz CT molecular complexity index is 292. The topological polar surface area (TPSA) is 64.1 Å². The second-order valence-corrected chi connectivity index (χ2v) is 4.50. The van der Waals surface area contributed by atoms with E-state index in [1.54, 1.807) is 0 Å². The molecule has 0 saturated carbocycles. The van der Waals surface area contributed by atoms with Gasteiger partial charge in [-0.25, -0.2) is 4.79 Å². The highest BCUT2D eigenvalue weighted by atomic mass is 32.1. The van der Waals surface area contributed by atoms with Crippen molar-refractivity contribution in [1.82, 2.24) is 14.9 Å². The zero-order valence-electron chi connectivity index (χ0n) is 8.33. The fraction of sp³-hybridized carbons (Fsp3) is 0.625. The Hall–Kier alpha value is -1.17. The zero-order chi connectivity index (χ0) is 10.6. The Morgan fingerprint density at radius 3 is 2.86 bits per heavy atom. The van der Waals surface area contributed by atoms with Crippen LogP contribution in [0, 0.1) is 6.20 Å². The molecule has 1 aromatic rings. The molecule has 14 heavy (non-hydrogen) atoms. The van der Waals surface area contributed by atoms with Crippen LogP contribution < -0.4 is 5.32 Å². The first kappa shape index (κ1) is 10.9. The first-order chi connectivity index (χ1) is 6.47. The lowest BCUT2D eigenvalue weighted by atomic mass is 10.2. The summed E-state index contributed by atoms with van der Waals surface area (Å²) in [4.78, 5) is 11.9. The van der Waals surface area contributed by atoms with Gasteiger partial charge in [0.15, 0.2) is 0 Å². The molecule has 5 nitrogen and oxygen atoms in total. The van der Waals surface area contributed by atoms with Crippen LogP contribution in [0.2, 0.25) is 0 Å². The molecule has 0 saturated heterocycles. The van der Waals surface area contributed by atoms with Crippen molar-refractivity contribution in [2.45, 2.75) is 32.9 Å². The van der Waals surface area contributed by atoms with Gasteiger partial charge >= 0.3 is 6.09 Å². The summed E-state index contributed by atoms with van der Waals surface area (Å²) in [5, 5.41) is 6.11. The van der Waals surface area contributed by atoms with Gasteiger partial charge in [-0.05, 0) is 32.3 Å². The fourth-order valence-corrected chi connectivity index (χ4v) is 1.10. The second kappa shape index (κ2) is 4.36. The van der Waals surface area contributed by atoms with Gasteiger partial charge in [0.1, 0.15) is 11.8 Å². The first-order valence-electron chi connectivity index (χ1n) is 4.13. The van der Waals surface area contributed by atoms with Crippen LogP contribution in [0.3, 0.4) is 0 Å². The van der Waals surface area contributed by atoms with E-state index < -0.39 is 11.7 Å². The quantitative estimate of drug-likeness (QED) is 0.807. The lowest BCUT2D eigenvalue weighted by molar-refractivity contribution is 0.0524. The molecular weight excluding hydrogens is 202 g/mol. The Balaban J connectivity index is 2.29. The van der Waals surface area contributed by atoms with Crippen molar-refractivity contribution in [3.8, 4) is 0 Å². The van der Waals surface area contributed by atoms with Crippen molar-refractivity contribution < 1.29 is 9.53 Å². The maximum atomic E-state index is 11.2. The first-order valence-corrected chi connectivity index (χ1v) is 4.90. The number of aromatic nitrogens is 2. The van der Waals surface area contributed by atoms with Crippen LogP contribution in [0.25, 0.3) is 0 Å². The minimum Gasteiger partial charge on any atom is -0.444 e. The SMILES string of the molecule is CC(C)(C)OC(=O)NCc1[c]nns1. The van der Waals surface area contributed by atoms with Gasteiger partial charge in [0.2, 0.25) is 0 Å². The number of carbonyl (C=O) groups excluding carboxylic acids is 1. The smallest absolute Gasteiger partial charge is 0.407 e. The van der Waals surface area contributed by atoms with E-state index in [2.05, 4.69) is 21.1 Å². The number of carbonyl (C=O) groups is 1. The molecule has 1 heterocycles. The molecule has 0 aliphatic carbocycles. The molecule has 1 rings (SSSR count). The molecule has 0 unspecified atom stereocenters. The van der Waals surface area contributed by atoms with E-state index in [4.69, 9.17) is 4.74 Å². The molecule has 0 atom stereocenters. The van der Waals surface area contributed by atoms with Gasteiger partial charge in [-0.2, -0.15) is 0 Å². The molecule has 0 bridgehead atoms. The predicted molar refractivity (Wildman–Crippen MR) is 51.8 cm³/mol. The summed E-state index contributed by atoms with van der Waals surface area (Å²) >= 11 is 1.20. The molecule has 1 radical (unpaired) electrons. The van der Waals surface area contributed by atoms with Gasteiger partial charge in [-0.15, -0.1) is 5.10 Å². The lowest BCUT2D eigenvalue weighted by Crippen LogP contribution is -2.31. The number of amides is 1. The molecule has 6 heteroatoms. The number of hydrogen-bond donors (Lipinski definition) is 1. The predicted octanol–water partition coefficient (Wildman–Crippen LogP) is 1.36. The molecule has 1 N–H and O–H groups in total. The van der Waals surface area contributed by atoms with Gasteiger partial charge in [-0.3, -0.25) is 0 Å². The molecule has 1 amide bonds. The normalized spacial score (nSPS) is 11.1. The average molecular weight is 214 g/mol. The van der Waals surface area contributed by atoms with E-state index >= 15 is 0 Å².